The first-order valence-electron chi connectivity index (χ1n) is 6.02. The number of rotatable bonds is 6. The van der Waals surface area contributed by atoms with Gasteiger partial charge >= 0.3 is 12.2 Å². The van der Waals surface area contributed by atoms with E-state index in [0.717, 1.165) is 0 Å². The Kier molecular flexibility index (Phi) is 5.49. The van der Waals surface area contributed by atoms with E-state index in [1.54, 1.807) is 18.2 Å². The lowest BCUT2D eigenvalue weighted by Crippen LogP contribution is -2.20. The van der Waals surface area contributed by atoms with Crippen molar-refractivity contribution in [2.45, 2.75) is 6.18 Å². The molecule has 0 spiro atoms. The summed E-state index contributed by atoms with van der Waals surface area (Å²) in [5.41, 5.74) is 0.558. The Morgan fingerprint density at radius 2 is 1.86 bits per heavy atom. The molecule has 1 aromatic carbocycles. The number of alkyl halides is 3. The van der Waals surface area contributed by atoms with E-state index in [0.29, 0.717) is 15.6 Å². The fraction of sp³-hybridized carbons (Fsp3) is 0.333. The molecule has 120 valence electrons. The van der Waals surface area contributed by atoms with Crippen LogP contribution >= 0.6 is 23.2 Å². The first-order valence-corrected chi connectivity index (χ1v) is 6.77. The van der Waals surface area contributed by atoms with Gasteiger partial charge in [-0.3, -0.25) is 0 Å². The molecular weight excluding hydrogens is 346 g/mol. The maximum atomic E-state index is 11.9. The SMILES string of the molecule is FC(F)(F)COCCNc1nc(-c2cc(Cl)cc(Cl)c2)no1. The molecule has 0 fully saturated rings. The number of anilines is 1. The molecule has 0 amide bonds. The minimum Gasteiger partial charge on any atom is -0.370 e. The van der Waals surface area contributed by atoms with Crippen LogP contribution in [0.25, 0.3) is 11.4 Å². The quantitative estimate of drug-likeness (QED) is 0.792. The van der Waals surface area contributed by atoms with Crippen molar-refractivity contribution in [1.82, 2.24) is 10.1 Å². The molecule has 22 heavy (non-hydrogen) atoms. The summed E-state index contributed by atoms with van der Waals surface area (Å²) in [5.74, 6) is 0.253. The van der Waals surface area contributed by atoms with Gasteiger partial charge < -0.3 is 14.6 Å². The number of ether oxygens (including phenoxy) is 1. The number of nitrogens with zero attached hydrogens (tertiary/aromatic N) is 2. The van der Waals surface area contributed by atoms with Crippen LogP contribution in [-0.4, -0.2) is 36.1 Å². The Balaban J connectivity index is 1.86. The monoisotopic (exact) mass is 355 g/mol. The number of hydrogen-bond acceptors (Lipinski definition) is 5. The van der Waals surface area contributed by atoms with Crippen molar-refractivity contribution in [3.8, 4) is 11.4 Å². The molecule has 0 saturated heterocycles. The average Bonchev–Trinajstić information content (AvgIpc) is 2.84. The second-order valence-corrected chi connectivity index (χ2v) is 5.05. The van der Waals surface area contributed by atoms with Crippen LogP contribution in [-0.2, 0) is 4.74 Å². The topological polar surface area (TPSA) is 60.2 Å². The van der Waals surface area contributed by atoms with Crippen molar-refractivity contribution in [2.24, 2.45) is 0 Å². The van der Waals surface area contributed by atoms with Crippen LogP contribution in [0.15, 0.2) is 22.7 Å². The van der Waals surface area contributed by atoms with Gasteiger partial charge in [0.2, 0.25) is 5.82 Å². The highest BCUT2D eigenvalue weighted by molar-refractivity contribution is 6.35. The molecule has 0 aliphatic rings. The Morgan fingerprint density at radius 1 is 1.18 bits per heavy atom. The summed E-state index contributed by atoms with van der Waals surface area (Å²) in [4.78, 5) is 4.03. The molecule has 0 aliphatic heterocycles. The molecule has 2 aromatic rings. The fourth-order valence-electron chi connectivity index (χ4n) is 1.51. The predicted molar refractivity (Wildman–Crippen MR) is 75.1 cm³/mol. The molecule has 0 aliphatic carbocycles. The van der Waals surface area contributed by atoms with E-state index in [2.05, 4.69) is 20.2 Å². The van der Waals surface area contributed by atoms with Gasteiger partial charge in [0.05, 0.1) is 6.61 Å². The van der Waals surface area contributed by atoms with Crippen LogP contribution in [0, 0.1) is 0 Å². The van der Waals surface area contributed by atoms with Crippen LogP contribution in [0.3, 0.4) is 0 Å². The third kappa shape index (κ3) is 5.36. The van der Waals surface area contributed by atoms with Crippen molar-refractivity contribution in [3.63, 3.8) is 0 Å². The maximum absolute atomic E-state index is 11.9. The summed E-state index contributed by atoms with van der Waals surface area (Å²) in [5, 5.41) is 7.21. The van der Waals surface area contributed by atoms with E-state index in [-0.39, 0.29) is 25.0 Å². The fourth-order valence-corrected chi connectivity index (χ4v) is 2.04. The summed E-state index contributed by atoms with van der Waals surface area (Å²) >= 11 is 11.7. The number of hydrogen-bond donors (Lipinski definition) is 1. The van der Waals surface area contributed by atoms with Gasteiger partial charge in [-0.1, -0.05) is 28.4 Å². The number of aromatic nitrogens is 2. The molecule has 0 radical (unpaired) electrons. The van der Waals surface area contributed by atoms with Crippen molar-refractivity contribution in [1.29, 1.82) is 0 Å². The zero-order chi connectivity index (χ0) is 16.2. The van der Waals surface area contributed by atoms with Crippen LogP contribution in [0.5, 0.6) is 0 Å². The van der Waals surface area contributed by atoms with Crippen LogP contribution in [0.1, 0.15) is 0 Å². The number of halogens is 5. The minimum absolute atomic E-state index is 0.0571. The van der Waals surface area contributed by atoms with Gasteiger partial charge in [-0.25, -0.2) is 0 Å². The third-order valence-corrected chi connectivity index (χ3v) is 2.77. The lowest BCUT2D eigenvalue weighted by molar-refractivity contribution is -0.172. The first kappa shape index (κ1) is 16.9. The third-order valence-electron chi connectivity index (χ3n) is 2.34. The molecule has 0 saturated carbocycles. The second-order valence-electron chi connectivity index (χ2n) is 4.18. The zero-order valence-electron chi connectivity index (χ0n) is 11.0. The Bertz CT molecular complexity index is 614. The van der Waals surface area contributed by atoms with Gasteiger partial charge in [0.25, 0.3) is 0 Å². The summed E-state index contributed by atoms with van der Waals surface area (Å²) in [6.07, 6.45) is -4.34. The van der Waals surface area contributed by atoms with Gasteiger partial charge in [-0.05, 0) is 18.2 Å². The van der Waals surface area contributed by atoms with E-state index in [1.807, 2.05) is 0 Å². The molecule has 1 N–H and O–H groups in total. The zero-order valence-corrected chi connectivity index (χ0v) is 12.5. The van der Waals surface area contributed by atoms with Gasteiger partial charge in [0, 0.05) is 22.2 Å². The van der Waals surface area contributed by atoms with E-state index >= 15 is 0 Å². The number of benzene rings is 1. The summed E-state index contributed by atoms with van der Waals surface area (Å²) < 4.78 is 44.9. The highest BCUT2D eigenvalue weighted by Crippen LogP contribution is 2.26. The van der Waals surface area contributed by atoms with Crippen molar-refractivity contribution < 1.29 is 22.4 Å². The predicted octanol–water partition coefficient (Wildman–Crippen LogP) is 4.03. The molecule has 1 heterocycles. The average molecular weight is 356 g/mol. The van der Waals surface area contributed by atoms with E-state index in [9.17, 15) is 13.2 Å². The van der Waals surface area contributed by atoms with Crippen LogP contribution in [0.2, 0.25) is 10.0 Å². The largest absolute Gasteiger partial charge is 0.411 e. The van der Waals surface area contributed by atoms with Crippen LogP contribution in [0.4, 0.5) is 19.2 Å². The van der Waals surface area contributed by atoms with E-state index in [1.165, 1.54) is 0 Å². The highest BCUT2D eigenvalue weighted by Gasteiger charge is 2.27. The number of nitrogens with one attached hydrogen (secondary N) is 1. The lowest BCUT2D eigenvalue weighted by Gasteiger charge is -2.06. The summed E-state index contributed by atoms with van der Waals surface area (Å²) in [7, 11) is 0. The van der Waals surface area contributed by atoms with Crippen LogP contribution < -0.4 is 5.32 Å². The molecule has 10 heteroatoms. The lowest BCUT2D eigenvalue weighted by atomic mass is 10.2. The van der Waals surface area contributed by atoms with Gasteiger partial charge in [-0.15, -0.1) is 0 Å². The summed E-state index contributed by atoms with van der Waals surface area (Å²) in [6, 6.07) is 4.83. The minimum atomic E-state index is -4.34. The smallest absolute Gasteiger partial charge is 0.370 e. The normalized spacial score (nSPS) is 11.7. The molecule has 0 bridgehead atoms. The standard InChI is InChI=1S/C12H10Cl2F3N3O2/c13-8-3-7(4-9(14)5-8)10-19-11(22-20-10)18-1-2-21-6-12(15,16)17/h3-5H,1-2,6H2,(H,18,19,20). The molecule has 0 unspecified atom stereocenters. The van der Waals surface area contributed by atoms with Gasteiger partial charge in [0.1, 0.15) is 6.61 Å². The molecular formula is C12H10Cl2F3N3O2. The van der Waals surface area contributed by atoms with Crippen molar-refractivity contribution in [3.05, 3.63) is 28.2 Å². The Morgan fingerprint density at radius 3 is 2.50 bits per heavy atom. The molecule has 2 rings (SSSR count). The molecule has 5 nitrogen and oxygen atoms in total. The Hall–Kier alpha value is -1.51. The summed E-state index contributed by atoms with van der Waals surface area (Å²) in [6.45, 7) is -1.36. The van der Waals surface area contributed by atoms with E-state index in [4.69, 9.17) is 27.7 Å². The first-order chi connectivity index (χ1) is 10.3. The highest BCUT2D eigenvalue weighted by atomic mass is 35.5. The maximum Gasteiger partial charge on any atom is 0.411 e. The van der Waals surface area contributed by atoms with Gasteiger partial charge in [-0.2, -0.15) is 18.2 Å². The van der Waals surface area contributed by atoms with Gasteiger partial charge in [0.15, 0.2) is 0 Å². The Labute approximate surface area is 133 Å². The molecule has 0 atom stereocenters. The van der Waals surface area contributed by atoms with Crippen molar-refractivity contribution >= 4 is 29.2 Å². The second kappa shape index (κ2) is 7.17. The van der Waals surface area contributed by atoms with Crippen molar-refractivity contribution in [2.75, 3.05) is 25.1 Å². The van der Waals surface area contributed by atoms with E-state index < -0.39 is 12.8 Å². The molecule has 1 aromatic heterocycles.